The van der Waals surface area contributed by atoms with Crippen LogP contribution in [0.25, 0.3) is 0 Å². The Morgan fingerprint density at radius 3 is 2.89 bits per heavy atom. The summed E-state index contributed by atoms with van der Waals surface area (Å²) in [6.45, 7) is 1.05. The van der Waals surface area contributed by atoms with E-state index in [9.17, 15) is 5.11 Å². The molecule has 2 N–H and O–H groups in total. The third kappa shape index (κ3) is 4.05. The van der Waals surface area contributed by atoms with E-state index in [1.54, 1.807) is 0 Å². The summed E-state index contributed by atoms with van der Waals surface area (Å²) >= 11 is 0. The van der Waals surface area contributed by atoms with Crippen LogP contribution in [0.15, 0.2) is 24.3 Å². The van der Waals surface area contributed by atoms with E-state index in [4.69, 9.17) is 5.26 Å². The van der Waals surface area contributed by atoms with E-state index >= 15 is 0 Å². The molecule has 0 heterocycles. The molecule has 1 saturated carbocycles. The first-order chi connectivity index (χ1) is 9.33. The van der Waals surface area contributed by atoms with Gasteiger partial charge in [0.2, 0.25) is 0 Å². The zero-order valence-electron chi connectivity index (χ0n) is 11.3. The van der Waals surface area contributed by atoms with Gasteiger partial charge in [0.1, 0.15) is 0 Å². The van der Waals surface area contributed by atoms with Crippen LogP contribution in [0, 0.1) is 17.2 Å². The molecule has 0 spiro atoms. The summed E-state index contributed by atoms with van der Waals surface area (Å²) in [5, 5.41) is 21.9. The van der Waals surface area contributed by atoms with E-state index < -0.39 is 0 Å². The van der Waals surface area contributed by atoms with Crippen molar-refractivity contribution >= 4 is 0 Å². The molecule has 1 aromatic rings. The number of nitriles is 1. The molecule has 1 aliphatic rings. The predicted octanol–water partition coefficient (Wildman–Crippen LogP) is 2.59. The lowest BCUT2D eigenvalue weighted by Gasteiger charge is -2.24. The van der Waals surface area contributed by atoms with Crippen LogP contribution < -0.4 is 5.32 Å². The number of hydrogen-bond donors (Lipinski definition) is 2. The van der Waals surface area contributed by atoms with Crippen molar-refractivity contribution < 1.29 is 5.11 Å². The smallest absolute Gasteiger partial charge is 0.0991 e. The van der Waals surface area contributed by atoms with Crippen LogP contribution in [0.4, 0.5) is 0 Å². The van der Waals surface area contributed by atoms with Crippen molar-refractivity contribution in [3.8, 4) is 6.07 Å². The highest BCUT2D eigenvalue weighted by atomic mass is 16.3. The molecule has 3 heteroatoms. The fourth-order valence-electron chi connectivity index (χ4n) is 2.87. The van der Waals surface area contributed by atoms with Crippen molar-refractivity contribution in [2.24, 2.45) is 5.92 Å². The second-order valence-electron chi connectivity index (χ2n) is 5.38. The molecule has 0 amide bonds. The molecule has 102 valence electrons. The van der Waals surface area contributed by atoms with Crippen molar-refractivity contribution in [1.82, 2.24) is 5.32 Å². The van der Waals surface area contributed by atoms with Crippen molar-refractivity contribution in [1.29, 1.82) is 5.26 Å². The Balaban J connectivity index is 1.94. The number of hydrogen-bond acceptors (Lipinski definition) is 3. The Labute approximate surface area is 115 Å². The average molecular weight is 258 g/mol. The van der Waals surface area contributed by atoms with E-state index in [0.717, 1.165) is 24.9 Å². The molecule has 2 rings (SSSR count). The molecule has 1 aliphatic carbocycles. The molecule has 0 radical (unpaired) electrons. The largest absolute Gasteiger partial charge is 0.396 e. The third-order valence-electron chi connectivity index (χ3n) is 4.02. The summed E-state index contributed by atoms with van der Waals surface area (Å²) in [5.41, 5.74) is 1.85. The van der Waals surface area contributed by atoms with Crippen LogP contribution in [0.3, 0.4) is 0 Å². The molecule has 2 unspecified atom stereocenters. The summed E-state index contributed by atoms with van der Waals surface area (Å²) in [5.74, 6) is 0.377. The van der Waals surface area contributed by atoms with Crippen LogP contribution in [-0.2, 0) is 6.54 Å². The molecule has 0 bridgehead atoms. The van der Waals surface area contributed by atoms with E-state index in [-0.39, 0.29) is 6.61 Å². The van der Waals surface area contributed by atoms with Gasteiger partial charge in [-0.05, 0) is 36.5 Å². The number of benzene rings is 1. The lowest BCUT2D eigenvalue weighted by molar-refractivity contribution is 0.181. The number of rotatable bonds is 4. The monoisotopic (exact) mass is 258 g/mol. The van der Waals surface area contributed by atoms with Gasteiger partial charge < -0.3 is 10.4 Å². The van der Waals surface area contributed by atoms with Gasteiger partial charge in [-0.25, -0.2) is 0 Å². The van der Waals surface area contributed by atoms with Crippen molar-refractivity contribution in [3.63, 3.8) is 0 Å². The Hall–Kier alpha value is -1.37. The van der Waals surface area contributed by atoms with Crippen LogP contribution in [0.1, 0.15) is 43.2 Å². The second-order valence-corrected chi connectivity index (χ2v) is 5.38. The van der Waals surface area contributed by atoms with Crippen LogP contribution >= 0.6 is 0 Å². The van der Waals surface area contributed by atoms with Crippen LogP contribution in [0.2, 0.25) is 0 Å². The normalized spacial score (nSPS) is 23.6. The SMILES string of the molecule is N#Cc1cccc(CNC2CCCCCC2CO)c1. The summed E-state index contributed by atoms with van der Waals surface area (Å²) in [6.07, 6.45) is 6.01. The van der Waals surface area contributed by atoms with Gasteiger partial charge in [0, 0.05) is 19.2 Å². The Bertz CT molecular complexity index is 439. The number of nitrogens with one attached hydrogen (secondary N) is 1. The summed E-state index contributed by atoms with van der Waals surface area (Å²) in [7, 11) is 0. The van der Waals surface area contributed by atoms with Crippen LogP contribution in [-0.4, -0.2) is 17.8 Å². The Morgan fingerprint density at radius 2 is 2.11 bits per heavy atom. The van der Waals surface area contributed by atoms with Gasteiger partial charge in [-0.2, -0.15) is 5.26 Å². The molecular weight excluding hydrogens is 236 g/mol. The first kappa shape index (κ1) is 14.0. The topological polar surface area (TPSA) is 56.0 Å². The van der Waals surface area contributed by atoms with Gasteiger partial charge in [0.05, 0.1) is 11.6 Å². The predicted molar refractivity (Wildman–Crippen MR) is 75.4 cm³/mol. The fraction of sp³-hybridized carbons (Fsp3) is 0.562. The molecule has 0 aliphatic heterocycles. The van der Waals surface area contributed by atoms with Crippen molar-refractivity contribution in [3.05, 3.63) is 35.4 Å². The minimum Gasteiger partial charge on any atom is -0.396 e. The molecule has 3 nitrogen and oxygen atoms in total. The van der Waals surface area contributed by atoms with E-state index in [2.05, 4.69) is 11.4 Å². The highest BCUT2D eigenvalue weighted by Gasteiger charge is 2.22. The molecule has 0 saturated heterocycles. The highest BCUT2D eigenvalue weighted by molar-refractivity contribution is 5.32. The minimum absolute atomic E-state index is 0.274. The maximum absolute atomic E-state index is 9.48. The van der Waals surface area contributed by atoms with E-state index in [0.29, 0.717) is 17.5 Å². The van der Waals surface area contributed by atoms with Gasteiger partial charge in [0.15, 0.2) is 0 Å². The third-order valence-corrected chi connectivity index (χ3v) is 4.02. The quantitative estimate of drug-likeness (QED) is 0.816. The molecule has 1 aromatic carbocycles. The summed E-state index contributed by atoms with van der Waals surface area (Å²) in [4.78, 5) is 0. The first-order valence-corrected chi connectivity index (χ1v) is 7.17. The number of nitrogens with zero attached hydrogens (tertiary/aromatic N) is 1. The first-order valence-electron chi connectivity index (χ1n) is 7.17. The maximum atomic E-state index is 9.48. The highest BCUT2D eigenvalue weighted by Crippen LogP contribution is 2.23. The van der Waals surface area contributed by atoms with Crippen molar-refractivity contribution in [2.75, 3.05) is 6.61 Å². The molecule has 1 fully saturated rings. The lowest BCUT2D eigenvalue weighted by atomic mass is 9.95. The van der Waals surface area contributed by atoms with Gasteiger partial charge in [-0.15, -0.1) is 0 Å². The number of aliphatic hydroxyl groups excluding tert-OH is 1. The standard InChI is InChI=1S/C16H22N2O/c17-10-13-5-4-6-14(9-13)11-18-16-8-3-1-2-7-15(16)12-19/h4-6,9,15-16,18-19H,1-3,7-8,11-12H2. The zero-order chi connectivity index (χ0) is 13.5. The average Bonchev–Trinajstić information content (AvgIpc) is 2.70. The van der Waals surface area contributed by atoms with Crippen molar-refractivity contribution in [2.45, 2.75) is 44.7 Å². The molecule has 19 heavy (non-hydrogen) atoms. The molecule has 2 atom stereocenters. The second kappa shape index (κ2) is 7.28. The van der Waals surface area contributed by atoms with E-state index in [1.165, 1.54) is 19.3 Å². The molecular formula is C16H22N2O. The van der Waals surface area contributed by atoms with E-state index in [1.807, 2.05) is 24.3 Å². The number of aliphatic hydroxyl groups is 1. The Morgan fingerprint density at radius 1 is 1.26 bits per heavy atom. The van der Waals surface area contributed by atoms with Crippen LogP contribution in [0.5, 0.6) is 0 Å². The maximum Gasteiger partial charge on any atom is 0.0991 e. The van der Waals surface area contributed by atoms with Gasteiger partial charge >= 0.3 is 0 Å². The summed E-state index contributed by atoms with van der Waals surface area (Å²) in [6, 6.07) is 10.3. The Kier molecular flexibility index (Phi) is 5.38. The fourth-order valence-corrected chi connectivity index (χ4v) is 2.87. The summed E-state index contributed by atoms with van der Waals surface area (Å²) < 4.78 is 0. The lowest BCUT2D eigenvalue weighted by Crippen LogP contribution is -2.36. The minimum atomic E-state index is 0.274. The zero-order valence-corrected chi connectivity index (χ0v) is 11.3. The van der Waals surface area contributed by atoms with Gasteiger partial charge in [0.25, 0.3) is 0 Å². The molecule has 0 aromatic heterocycles. The van der Waals surface area contributed by atoms with Gasteiger partial charge in [-0.3, -0.25) is 0 Å². The van der Waals surface area contributed by atoms with Gasteiger partial charge in [-0.1, -0.05) is 31.4 Å².